The van der Waals surface area contributed by atoms with Crippen molar-refractivity contribution in [1.29, 1.82) is 0 Å². The Balaban J connectivity index is 1.99. The average molecular weight is 289 g/mol. The van der Waals surface area contributed by atoms with Crippen LogP contribution in [-0.2, 0) is 6.42 Å². The SMILES string of the molecule is O=C(O)c1ccnc2nc(Cc3ccc(F)c(F)c3)[nH]c12. The van der Waals surface area contributed by atoms with E-state index in [9.17, 15) is 13.6 Å². The molecule has 0 spiro atoms. The second kappa shape index (κ2) is 4.93. The lowest BCUT2D eigenvalue weighted by atomic mass is 10.1. The molecule has 0 saturated carbocycles. The number of carbonyl (C=O) groups is 1. The second-order valence-corrected chi connectivity index (χ2v) is 4.47. The van der Waals surface area contributed by atoms with Crippen molar-refractivity contribution in [2.24, 2.45) is 0 Å². The number of hydrogen-bond acceptors (Lipinski definition) is 3. The summed E-state index contributed by atoms with van der Waals surface area (Å²) >= 11 is 0. The largest absolute Gasteiger partial charge is 0.478 e. The molecule has 21 heavy (non-hydrogen) atoms. The summed E-state index contributed by atoms with van der Waals surface area (Å²) in [5.74, 6) is -2.52. The molecule has 0 aliphatic rings. The zero-order chi connectivity index (χ0) is 15.0. The van der Waals surface area contributed by atoms with E-state index in [4.69, 9.17) is 5.11 Å². The van der Waals surface area contributed by atoms with Crippen LogP contribution in [0.2, 0.25) is 0 Å². The van der Waals surface area contributed by atoms with Crippen molar-refractivity contribution in [3.05, 3.63) is 59.0 Å². The quantitative estimate of drug-likeness (QED) is 0.776. The summed E-state index contributed by atoms with van der Waals surface area (Å²) in [6, 6.07) is 4.92. The predicted molar refractivity (Wildman–Crippen MR) is 70.0 cm³/mol. The molecule has 3 aromatic rings. The number of aromatic nitrogens is 3. The van der Waals surface area contributed by atoms with Gasteiger partial charge in [0.1, 0.15) is 5.82 Å². The number of fused-ring (bicyclic) bond motifs is 1. The van der Waals surface area contributed by atoms with Gasteiger partial charge in [-0.25, -0.2) is 23.5 Å². The van der Waals surface area contributed by atoms with Crippen molar-refractivity contribution in [3.63, 3.8) is 0 Å². The fourth-order valence-corrected chi connectivity index (χ4v) is 2.06. The molecule has 1 aromatic carbocycles. The van der Waals surface area contributed by atoms with Crippen LogP contribution >= 0.6 is 0 Å². The molecule has 0 aliphatic carbocycles. The third kappa shape index (κ3) is 2.45. The molecule has 2 heterocycles. The lowest BCUT2D eigenvalue weighted by molar-refractivity contribution is 0.0698. The molecule has 0 bridgehead atoms. The molecule has 0 unspecified atom stereocenters. The Hall–Kier alpha value is -2.83. The number of imidazole rings is 1. The van der Waals surface area contributed by atoms with Crippen molar-refractivity contribution >= 4 is 17.1 Å². The topological polar surface area (TPSA) is 78.9 Å². The summed E-state index contributed by atoms with van der Waals surface area (Å²) in [7, 11) is 0. The molecule has 0 atom stereocenters. The van der Waals surface area contributed by atoms with E-state index in [-0.39, 0.29) is 17.6 Å². The van der Waals surface area contributed by atoms with Crippen LogP contribution in [0.3, 0.4) is 0 Å². The van der Waals surface area contributed by atoms with Crippen LogP contribution in [0.25, 0.3) is 11.2 Å². The Morgan fingerprint density at radius 2 is 2.05 bits per heavy atom. The molecule has 0 aliphatic heterocycles. The number of pyridine rings is 1. The van der Waals surface area contributed by atoms with Crippen LogP contribution in [0.15, 0.2) is 30.5 Å². The van der Waals surface area contributed by atoms with Gasteiger partial charge < -0.3 is 10.1 Å². The number of carboxylic acids is 1. The number of carboxylic acid groups (broad SMARTS) is 1. The summed E-state index contributed by atoms with van der Waals surface area (Å²) in [5.41, 5.74) is 1.16. The predicted octanol–water partition coefficient (Wildman–Crippen LogP) is 2.53. The Labute approximate surface area is 117 Å². The van der Waals surface area contributed by atoms with Crippen LogP contribution in [0.5, 0.6) is 0 Å². The van der Waals surface area contributed by atoms with Gasteiger partial charge in [-0.3, -0.25) is 0 Å². The van der Waals surface area contributed by atoms with Crippen molar-refractivity contribution < 1.29 is 18.7 Å². The van der Waals surface area contributed by atoms with E-state index in [2.05, 4.69) is 15.0 Å². The molecular formula is C14H9F2N3O2. The number of H-pyrrole nitrogens is 1. The standard InChI is InChI=1S/C14H9F2N3O2/c15-9-2-1-7(5-10(9)16)6-11-18-12-8(14(20)21)3-4-17-13(12)19-11/h1-5H,6H2,(H,20,21)(H,17,18,19). The fraction of sp³-hybridized carbons (Fsp3) is 0.0714. The number of nitrogens with zero attached hydrogens (tertiary/aromatic N) is 2. The van der Waals surface area contributed by atoms with Gasteiger partial charge in [0.2, 0.25) is 0 Å². The fourth-order valence-electron chi connectivity index (χ4n) is 2.06. The number of benzene rings is 1. The molecule has 5 nitrogen and oxygen atoms in total. The van der Waals surface area contributed by atoms with Crippen molar-refractivity contribution in [3.8, 4) is 0 Å². The summed E-state index contributed by atoms with van der Waals surface area (Å²) in [4.78, 5) is 22.1. The third-order valence-corrected chi connectivity index (χ3v) is 3.03. The summed E-state index contributed by atoms with van der Waals surface area (Å²) in [6.07, 6.45) is 1.57. The molecular weight excluding hydrogens is 280 g/mol. The summed E-state index contributed by atoms with van der Waals surface area (Å²) in [6.45, 7) is 0. The minimum atomic E-state index is -1.09. The van der Waals surface area contributed by atoms with E-state index >= 15 is 0 Å². The highest BCUT2D eigenvalue weighted by Gasteiger charge is 2.13. The van der Waals surface area contributed by atoms with E-state index in [1.807, 2.05) is 0 Å². The van der Waals surface area contributed by atoms with Gasteiger partial charge in [-0.2, -0.15) is 0 Å². The van der Waals surface area contributed by atoms with Gasteiger partial charge in [0.05, 0.1) is 11.1 Å². The van der Waals surface area contributed by atoms with Gasteiger partial charge in [-0.1, -0.05) is 6.07 Å². The van der Waals surface area contributed by atoms with Gasteiger partial charge in [-0.05, 0) is 23.8 Å². The molecule has 7 heteroatoms. The number of rotatable bonds is 3. The highest BCUT2D eigenvalue weighted by molar-refractivity contribution is 5.99. The molecule has 0 saturated heterocycles. The van der Waals surface area contributed by atoms with E-state index in [1.165, 1.54) is 18.3 Å². The summed E-state index contributed by atoms with van der Waals surface area (Å²) in [5, 5.41) is 9.08. The van der Waals surface area contributed by atoms with E-state index < -0.39 is 17.6 Å². The molecule has 0 radical (unpaired) electrons. The molecule has 3 rings (SSSR count). The van der Waals surface area contributed by atoms with E-state index in [0.29, 0.717) is 16.9 Å². The zero-order valence-corrected chi connectivity index (χ0v) is 10.6. The van der Waals surface area contributed by atoms with Gasteiger partial charge in [0.25, 0.3) is 0 Å². The maximum atomic E-state index is 13.2. The molecule has 106 valence electrons. The van der Waals surface area contributed by atoms with Crippen molar-refractivity contribution in [1.82, 2.24) is 15.0 Å². The second-order valence-electron chi connectivity index (χ2n) is 4.47. The van der Waals surface area contributed by atoms with E-state index in [1.54, 1.807) is 0 Å². The number of halogens is 2. The first-order valence-electron chi connectivity index (χ1n) is 6.05. The normalized spacial score (nSPS) is 11.0. The Morgan fingerprint density at radius 1 is 1.24 bits per heavy atom. The molecule has 2 aromatic heterocycles. The molecule has 2 N–H and O–H groups in total. The first kappa shape index (κ1) is 13.2. The van der Waals surface area contributed by atoms with Crippen LogP contribution in [0.4, 0.5) is 8.78 Å². The highest BCUT2D eigenvalue weighted by atomic mass is 19.2. The number of aromatic carboxylic acids is 1. The van der Waals surface area contributed by atoms with E-state index in [0.717, 1.165) is 12.1 Å². The maximum Gasteiger partial charge on any atom is 0.338 e. The maximum absolute atomic E-state index is 13.2. The van der Waals surface area contributed by atoms with Gasteiger partial charge in [0, 0.05) is 12.6 Å². The highest BCUT2D eigenvalue weighted by Crippen LogP contribution is 2.17. The monoisotopic (exact) mass is 289 g/mol. The first-order chi connectivity index (χ1) is 10.0. The lowest BCUT2D eigenvalue weighted by Gasteiger charge is -1.99. The van der Waals surface area contributed by atoms with Gasteiger partial charge >= 0.3 is 5.97 Å². The van der Waals surface area contributed by atoms with Crippen molar-refractivity contribution in [2.75, 3.05) is 0 Å². The van der Waals surface area contributed by atoms with Crippen LogP contribution < -0.4 is 0 Å². The van der Waals surface area contributed by atoms with Crippen molar-refractivity contribution in [2.45, 2.75) is 6.42 Å². The Bertz CT molecular complexity index is 845. The zero-order valence-electron chi connectivity index (χ0n) is 10.6. The van der Waals surface area contributed by atoms with Gasteiger partial charge in [-0.15, -0.1) is 0 Å². The average Bonchev–Trinajstić information content (AvgIpc) is 2.84. The number of nitrogens with one attached hydrogen (secondary N) is 1. The van der Waals surface area contributed by atoms with Crippen LogP contribution in [0.1, 0.15) is 21.7 Å². The summed E-state index contributed by atoms with van der Waals surface area (Å²) < 4.78 is 26.0. The minimum Gasteiger partial charge on any atom is -0.478 e. The molecule has 0 amide bonds. The Morgan fingerprint density at radius 3 is 2.76 bits per heavy atom. The van der Waals surface area contributed by atoms with Crippen LogP contribution in [0, 0.1) is 11.6 Å². The van der Waals surface area contributed by atoms with Gasteiger partial charge in [0.15, 0.2) is 17.3 Å². The minimum absolute atomic E-state index is 0.0593. The van der Waals surface area contributed by atoms with Crippen LogP contribution in [-0.4, -0.2) is 26.0 Å². The third-order valence-electron chi connectivity index (χ3n) is 3.03. The number of aromatic amines is 1. The first-order valence-corrected chi connectivity index (χ1v) is 6.05. The Kier molecular flexibility index (Phi) is 3.09. The smallest absolute Gasteiger partial charge is 0.338 e. The lowest BCUT2D eigenvalue weighted by Crippen LogP contribution is -1.98. The number of hydrogen-bond donors (Lipinski definition) is 2. The molecule has 0 fully saturated rings.